The van der Waals surface area contributed by atoms with Crippen molar-refractivity contribution in [3.63, 3.8) is 0 Å². The molecular weight excluding hydrogens is 296 g/mol. The molecule has 22 heavy (non-hydrogen) atoms. The summed E-state index contributed by atoms with van der Waals surface area (Å²) in [6.07, 6.45) is 0.363. The Labute approximate surface area is 133 Å². The lowest BCUT2D eigenvalue weighted by molar-refractivity contribution is -0.138. The van der Waals surface area contributed by atoms with E-state index in [1.807, 2.05) is 31.2 Å². The van der Waals surface area contributed by atoms with Gasteiger partial charge in [-0.3, -0.25) is 9.59 Å². The minimum absolute atomic E-state index is 0.0475. The van der Waals surface area contributed by atoms with Crippen LogP contribution in [0.25, 0.3) is 0 Å². The van der Waals surface area contributed by atoms with Gasteiger partial charge in [0.05, 0.1) is 5.92 Å². The van der Waals surface area contributed by atoms with Crippen LogP contribution in [0.4, 0.5) is 0 Å². The van der Waals surface area contributed by atoms with Crippen LogP contribution in [-0.4, -0.2) is 16.9 Å². The van der Waals surface area contributed by atoms with Crippen LogP contribution in [0.3, 0.4) is 0 Å². The van der Waals surface area contributed by atoms with Crippen molar-refractivity contribution in [2.75, 3.05) is 0 Å². The van der Waals surface area contributed by atoms with Crippen LogP contribution in [0.15, 0.2) is 46.2 Å². The predicted molar refractivity (Wildman–Crippen MR) is 85.8 cm³/mol. The maximum atomic E-state index is 12.6. The second kappa shape index (κ2) is 5.61. The lowest BCUT2D eigenvalue weighted by Crippen LogP contribution is -2.10. The van der Waals surface area contributed by atoms with E-state index < -0.39 is 11.9 Å². The number of carbonyl (C=O) groups is 2. The Morgan fingerprint density at radius 1 is 1.18 bits per heavy atom. The van der Waals surface area contributed by atoms with E-state index >= 15 is 0 Å². The van der Waals surface area contributed by atoms with Gasteiger partial charge in [0.25, 0.3) is 0 Å². The highest BCUT2D eigenvalue weighted by Gasteiger charge is 2.23. The molecule has 1 heterocycles. The minimum Gasteiger partial charge on any atom is -0.481 e. The monoisotopic (exact) mass is 312 g/mol. The molecule has 0 aromatic heterocycles. The Bertz CT molecular complexity index is 780. The SMILES string of the molecule is Cc1ccc2c(c1)CC(=O)c1cc(C(C)C(=O)O)ccc1S2. The van der Waals surface area contributed by atoms with Gasteiger partial charge in [-0.1, -0.05) is 35.5 Å². The molecular formula is C18H16O3S. The van der Waals surface area contributed by atoms with Crippen molar-refractivity contribution in [3.05, 3.63) is 58.7 Å². The zero-order valence-corrected chi connectivity index (χ0v) is 13.2. The summed E-state index contributed by atoms with van der Waals surface area (Å²) in [7, 11) is 0. The fourth-order valence-electron chi connectivity index (χ4n) is 2.60. The first-order chi connectivity index (χ1) is 10.5. The molecule has 0 aliphatic carbocycles. The summed E-state index contributed by atoms with van der Waals surface area (Å²) >= 11 is 1.58. The molecule has 1 aliphatic heterocycles. The van der Waals surface area contributed by atoms with Gasteiger partial charge in [-0.2, -0.15) is 0 Å². The number of aliphatic carboxylic acids is 1. The summed E-state index contributed by atoms with van der Waals surface area (Å²) in [5, 5.41) is 9.14. The van der Waals surface area contributed by atoms with E-state index in [-0.39, 0.29) is 5.78 Å². The standard InChI is InChI=1S/C18H16O3S/c1-10-3-5-16-13(7-10)9-15(19)14-8-12(11(2)18(20)21)4-6-17(14)22-16/h3-8,11H,9H2,1-2H3,(H,20,21). The third kappa shape index (κ3) is 2.66. The molecule has 0 fully saturated rings. The van der Waals surface area contributed by atoms with Gasteiger partial charge >= 0.3 is 5.97 Å². The third-order valence-corrected chi connectivity index (χ3v) is 5.16. The average Bonchev–Trinajstić information content (AvgIpc) is 2.62. The van der Waals surface area contributed by atoms with Gasteiger partial charge in [-0.05, 0) is 43.2 Å². The summed E-state index contributed by atoms with van der Waals surface area (Å²) in [4.78, 5) is 25.7. The Morgan fingerprint density at radius 3 is 2.64 bits per heavy atom. The topological polar surface area (TPSA) is 54.4 Å². The number of benzene rings is 2. The number of rotatable bonds is 2. The molecule has 1 aliphatic rings. The van der Waals surface area contributed by atoms with Crippen molar-refractivity contribution in [3.8, 4) is 0 Å². The predicted octanol–water partition coefficient (Wildman–Crippen LogP) is 4.07. The van der Waals surface area contributed by atoms with Crippen molar-refractivity contribution in [1.29, 1.82) is 0 Å². The number of carboxylic acids is 1. The molecule has 0 spiro atoms. The van der Waals surface area contributed by atoms with Crippen molar-refractivity contribution < 1.29 is 14.7 Å². The van der Waals surface area contributed by atoms with Crippen LogP contribution in [0.1, 0.15) is 39.9 Å². The number of carbonyl (C=O) groups excluding carboxylic acids is 1. The number of fused-ring (bicyclic) bond motifs is 2. The van der Waals surface area contributed by atoms with E-state index in [0.29, 0.717) is 17.5 Å². The Morgan fingerprint density at radius 2 is 1.91 bits per heavy atom. The zero-order chi connectivity index (χ0) is 15.9. The van der Waals surface area contributed by atoms with E-state index in [1.165, 1.54) is 0 Å². The minimum atomic E-state index is -0.882. The molecule has 0 saturated carbocycles. The highest BCUT2D eigenvalue weighted by molar-refractivity contribution is 7.99. The van der Waals surface area contributed by atoms with Crippen molar-refractivity contribution in [2.24, 2.45) is 0 Å². The van der Waals surface area contributed by atoms with Gasteiger partial charge in [-0.15, -0.1) is 0 Å². The Balaban J connectivity index is 2.06. The van der Waals surface area contributed by atoms with Gasteiger partial charge in [0.2, 0.25) is 0 Å². The molecule has 1 N–H and O–H groups in total. The summed E-state index contributed by atoms with van der Waals surface area (Å²) in [5.74, 6) is -1.45. The smallest absolute Gasteiger partial charge is 0.310 e. The van der Waals surface area contributed by atoms with Gasteiger partial charge < -0.3 is 5.11 Å². The summed E-state index contributed by atoms with van der Waals surface area (Å²) in [6.45, 7) is 3.65. The fraction of sp³-hybridized carbons (Fsp3) is 0.222. The number of carboxylic acid groups (broad SMARTS) is 1. The summed E-state index contributed by atoms with van der Waals surface area (Å²) in [6, 6.07) is 11.5. The zero-order valence-electron chi connectivity index (χ0n) is 12.4. The van der Waals surface area contributed by atoms with Crippen molar-refractivity contribution in [2.45, 2.75) is 36.0 Å². The first-order valence-corrected chi connectivity index (χ1v) is 7.94. The average molecular weight is 312 g/mol. The number of aryl methyl sites for hydroxylation is 1. The van der Waals surface area contributed by atoms with Crippen LogP contribution in [0.2, 0.25) is 0 Å². The maximum absolute atomic E-state index is 12.6. The van der Waals surface area contributed by atoms with Crippen LogP contribution in [-0.2, 0) is 11.2 Å². The quantitative estimate of drug-likeness (QED) is 0.908. The van der Waals surface area contributed by atoms with Crippen LogP contribution in [0.5, 0.6) is 0 Å². The van der Waals surface area contributed by atoms with Crippen molar-refractivity contribution in [1.82, 2.24) is 0 Å². The van der Waals surface area contributed by atoms with E-state index in [2.05, 4.69) is 0 Å². The van der Waals surface area contributed by atoms with Crippen LogP contribution < -0.4 is 0 Å². The molecule has 112 valence electrons. The Kier molecular flexibility index (Phi) is 3.79. The first-order valence-electron chi connectivity index (χ1n) is 7.13. The molecule has 2 aromatic carbocycles. The molecule has 3 rings (SSSR count). The highest BCUT2D eigenvalue weighted by Crippen LogP contribution is 2.38. The molecule has 3 nitrogen and oxygen atoms in total. The Hall–Kier alpha value is -2.07. The van der Waals surface area contributed by atoms with Crippen LogP contribution in [0, 0.1) is 6.92 Å². The van der Waals surface area contributed by atoms with Gasteiger partial charge in [-0.25, -0.2) is 0 Å². The molecule has 0 bridgehead atoms. The number of Topliss-reactive ketones (excluding diaryl/α,β-unsaturated/α-hetero) is 1. The number of ketones is 1. The van der Waals surface area contributed by atoms with E-state index in [0.717, 1.165) is 20.9 Å². The molecule has 2 aromatic rings. The molecule has 4 heteroatoms. The second-order valence-corrected chi connectivity index (χ2v) is 6.71. The normalized spacial score (nSPS) is 14.7. The molecule has 0 amide bonds. The third-order valence-electron chi connectivity index (χ3n) is 3.96. The summed E-state index contributed by atoms with van der Waals surface area (Å²) in [5.41, 5.74) is 3.48. The molecule has 1 unspecified atom stereocenters. The highest BCUT2D eigenvalue weighted by atomic mass is 32.2. The largest absolute Gasteiger partial charge is 0.481 e. The number of hydrogen-bond acceptors (Lipinski definition) is 3. The first kappa shape index (κ1) is 14.9. The second-order valence-electron chi connectivity index (χ2n) is 5.63. The van der Waals surface area contributed by atoms with Crippen LogP contribution >= 0.6 is 11.8 Å². The number of hydrogen-bond donors (Lipinski definition) is 1. The summed E-state index contributed by atoms with van der Waals surface area (Å²) < 4.78 is 0. The van der Waals surface area contributed by atoms with Gasteiger partial charge in [0.15, 0.2) is 5.78 Å². The van der Waals surface area contributed by atoms with E-state index in [1.54, 1.807) is 30.8 Å². The van der Waals surface area contributed by atoms with E-state index in [9.17, 15) is 9.59 Å². The molecule has 0 radical (unpaired) electrons. The van der Waals surface area contributed by atoms with Gasteiger partial charge in [0, 0.05) is 21.8 Å². The fourth-order valence-corrected chi connectivity index (χ4v) is 3.65. The maximum Gasteiger partial charge on any atom is 0.310 e. The molecule has 0 saturated heterocycles. The van der Waals surface area contributed by atoms with Crippen molar-refractivity contribution >= 4 is 23.5 Å². The van der Waals surface area contributed by atoms with E-state index in [4.69, 9.17) is 5.11 Å². The van der Waals surface area contributed by atoms with Gasteiger partial charge in [0.1, 0.15) is 0 Å². The lowest BCUT2D eigenvalue weighted by Gasteiger charge is -2.10. The molecule has 1 atom stereocenters. The lowest BCUT2D eigenvalue weighted by atomic mass is 9.95.